The van der Waals surface area contributed by atoms with Gasteiger partial charge in [-0.1, -0.05) is 26.0 Å². The van der Waals surface area contributed by atoms with E-state index in [1.165, 1.54) is 6.92 Å². The van der Waals surface area contributed by atoms with Crippen molar-refractivity contribution >= 4 is 17.3 Å². The molecule has 0 saturated carbocycles. The molecule has 0 aliphatic rings. The third-order valence-electron chi connectivity index (χ3n) is 3.00. The molecule has 1 aromatic rings. The van der Waals surface area contributed by atoms with Gasteiger partial charge in [0, 0.05) is 18.2 Å². The first kappa shape index (κ1) is 17.7. The van der Waals surface area contributed by atoms with Crippen molar-refractivity contribution in [3.63, 3.8) is 0 Å². The van der Waals surface area contributed by atoms with Gasteiger partial charge in [0.25, 0.3) is 0 Å². The number of carbonyl (C=O) groups is 1. The monoisotopic (exact) mass is 301 g/mol. The Hall–Kier alpha value is -2.32. The van der Waals surface area contributed by atoms with Crippen molar-refractivity contribution in [1.82, 2.24) is 0 Å². The van der Waals surface area contributed by atoms with E-state index >= 15 is 0 Å². The van der Waals surface area contributed by atoms with Crippen LogP contribution in [0.25, 0.3) is 0 Å². The fourth-order valence-corrected chi connectivity index (χ4v) is 2.22. The number of nitrogens with one attached hydrogen (secondary N) is 1. The van der Waals surface area contributed by atoms with Crippen molar-refractivity contribution < 1.29 is 9.63 Å². The summed E-state index contributed by atoms with van der Waals surface area (Å²) in [5.41, 5.74) is 2.65. The van der Waals surface area contributed by atoms with Crippen LogP contribution in [-0.4, -0.2) is 19.1 Å². The van der Waals surface area contributed by atoms with E-state index in [0.29, 0.717) is 19.6 Å². The lowest BCUT2D eigenvalue weighted by Crippen LogP contribution is -2.26. The Balaban J connectivity index is 3.20. The zero-order chi connectivity index (χ0) is 16.5. The van der Waals surface area contributed by atoms with E-state index in [-0.39, 0.29) is 11.8 Å². The van der Waals surface area contributed by atoms with Crippen molar-refractivity contribution in [2.45, 2.75) is 33.1 Å². The number of nitrogens with zero attached hydrogens (tertiary/aromatic N) is 2. The van der Waals surface area contributed by atoms with E-state index in [9.17, 15) is 4.79 Å². The molecule has 0 spiro atoms. The second-order valence-electron chi connectivity index (χ2n) is 5.17. The fourth-order valence-electron chi connectivity index (χ4n) is 2.22. The second kappa shape index (κ2) is 8.85. The lowest BCUT2D eigenvalue weighted by molar-refractivity contribution is -0.114. The molecule has 5 heteroatoms. The molecule has 0 unspecified atom stereocenters. The van der Waals surface area contributed by atoms with Crippen LogP contribution < -0.4 is 10.4 Å². The predicted octanol–water partition coefficient (Wildman–Crippen LogP) is 3.61. The van der Waals surface area contributed by atoms with Gasteiger partial charge in [0.2, 0.25) is 5.91 Å². The third kappa shape index (κ3) is 4.90. The van der Waals surface area contributed by atoms with Gasteiger partial charge in [-0.15, -0.1) is 6.58 Å². The molecule has 0 bridgehead atoms. The highest BCUT2D eigenvalue weighted by atomic mass is 16.7. The lowest BCUT2D eigenvalue weighted by atomic mass is 9.98. The summed E-state index contributed by atoms with van der Waals surface area (Å²) in [6.07, 6.45) is 2.05. The van der Waals surface area contributed by atoms with Crippen molar-refractivity contribution in [3.8, 4) is 6.07 Å². The van der Waals surface area contributed by atoms with Crippen LogP contribution in [0.3, 0.4) is 0 Å². The summed E-state index contributed by atoms with van der Waals surface area (Å²) < 4.78 is 0. The maximum absolute atomic E-state index is 11.4. The molecule has 0 aromatic heterocycles. The van der Waals surface area contributed by atoms with E-state index in [2.05, 4.69) is 31.8 Å². The first-order chi connectivity index (χ1) is 10.5. The van der Waals surface area contributed by atoms with Crippen molar-refractivity contribution in [1.29, 1.82) is 5.26 Å². The molecule has 0 saturated heterocycles. The summed E-state index contributed by atoms with van der Waals surface area (Å²) in [6.45, 7) is 10.2. The average Bonchev–Trinajstić information content (AvgIpc) is 2.45. The Labute approximate surface area is 132 Å². The van der Waals surface area contributed by atoms with Gasteiger partial charge in [-0.2, -0.15) is 5.26 Å². The maximum atomic E-state index is 11.4. The molecular weight excluding hydrogens is 278 g/mol. The van der Waals surface area contributed by atoms with Gasteiger partial charge in [-0.25, -0.2) is 5.06 Å². The maximum Gasteiger partial charge on any atom is 0.221 e. The van der Waals surface area contributed by atoms with Crippen LogP contribution in [-0.2, 0) is 9.63 Å². The fraction of sp³-hybridized carbons (Fsp3) is 0.412. The molecule has 0 aliphatic heterocycles. The summed E-state index contributed by atoms with van der Waals surface area (Å²) in [4.78, 5) is 17.1. The number of nitriles is 1. The molecule has 5 nitrogen and oxygen atoms in total. The van der Waals surface area contributed by atoms with Crippen LogP contribution in [0.1, 0.15) is 38.7 Å². The van der Waals surface area contributed by atoms with Crippen molar-refractivity contribution in [3.05, 3.63) is 36.4 Å². The van der Waals surface area contributed by atoms with Crippen molar-refractivity contribution in [2.75, 3.05) is 23.5 Å². The smallest absolute Gasteiger partial charge is 0.221 e. The molecule has 0 heterocycles. The molecule has 22 heavy (non-hydrogen) atoms. The van der Waals surface area contributed by atoms with Gasteiger partial charge in [-0.3, -0.25) is 9.63 Å². The molecule has 0 atom stereocenters. The number of hydroxylamine groups is 1. The number of anilines is 2. The Kier molecular flexibility index (Phi) is 7.14. The minimum absolute atomic E-state index is 0.111. The molecule has 0 radical (unpaired) electrons. The number of carbonyl (C=O) groups excluding carboxylic acids is 1. The molecule has 1 rings (SSSR count). The minimum atomic E-state index is -0.111. The predicted molar refractivity (Wildman–Crippen MR) is 88.6 cm³/mol. The number of rotatable bonds is 8. The van der Waals surface area contributed by atoms with E-state index in [0.717, 1.165) is 16.9 Å². The standard InChI is InChI=1S/C17H23N3O2/c1-5-11-20(22-12-7-10-18)16-9-6-8-15(19-14(4)21)17(16)13(2)3/h5-6,8-9,13H,1,7,11-12H2,2-4H3,(H,19,21). The normalized spacial score (nSPS) is 10.1. The molecule has 1 aromatic carbocycles. The molecular formula is C17H23N3O2. The van der Waals surface area contributed by atoms with Gasteiger partial charge in [0.15, 0.2) is 0 Å². The van der Waals surface area contributed by atoms with Crippen LogP contribution in [0.5, 0.6) is 0 Å². The molecule has 1 N–H and O–H groups in total. The molecule has 1 amide bonds. The first-order valence-corrected chi connectivity index (χ1v) is 7.30. The van der Waals surface area contributed by atoms with Crippen LogP contribution in [0.15, 0.2) is 30.9 Å². The number of amides is 1. The van der Waals surface area contributed by atoms with Crippen LogP contribution in [0, 0.1) is 11.3 Å². The first-order valence-electron chi connectivity index (χ1n) is 7.30. The van der Waals surface area contributed by atoms with E-state index in [1.54, 1.807) is 11.1 Å². The van der Waals surface area contributed by atoms with Gasteiger partial charge >= 0.3 is 0 Å². The highest BCUT2D eigenvalue weighted by Gasteiger charge is 2.17. The largest absolute Gasteiger partial charge is 0.326 e. The average molecular weight is 301 g/mol. The summed E-state index contributed by atoms with van der Waals surface area (Å²) in [6, 6.07) is 7.75. The Morgan fingerprint density at radius 2 is 2.27 bits per heavy atom. The van der Waals surface area contributed by atoms with E-state index < -0.39 is 0 Å². The Bertz CT molecular complexity index is 562. The Morgan fingerprint density at radius 1 is 1.55 bits per heavy atom. The summed E-state index contributed by atoms with van der Waals surface area (Å²) in [5, 5.41) is 13.2. The highest BCUT2D eigenvalue weighted by molar-refractivity contribution is 5.91. The van der Waals surface area contributed by atoms with Crippen molar-refractivity contribution in [2.24, 2.45) is 0 Å². The Morgan fingerprint density at radius 3 is 2.82 bits per heavy atom. The topological polar surface area (TPSA) is 65.4 Å². The number of hydrogen-bond acceptors (Lipinski definition) is 4. The van der Waals surface area contributed by atoms with Gasteiger partial charge in [-0.05, 0) is 18.1 Å². The summed E-state index contributed by atoms with van der Waals surface area (Å²) in [5.74, 6) is 0.0876. The minimum Gasteiger partial charge on any atom is -0.326 e. The van der Waals surface area contributed by atoms with E-state index in [4.69, 9.17) is 10.1 Å². The molecule has 0 fully saturated rings. The van der Waals surface area contributed by atoms with Crippen LogP contribution in [0.4, 0.5) is 11.4 Å². The SMILES string of the molecule is C=CCN(OCCC#N)c1cccc(NC(C)=O)c1C(C)C. The van der Waals surface area contributed by atoms with Gasteiger partial charge in [0.05, 0.1) is 31.3 Å². The van der Waals surface area contributed by atoms with Gasteiger partial charge in [0.1, 0.15) is 0 Å². The lowest BCUT2D eigenvalue weighted by Gasteiger charge is -2.27. The quantitative estimate of drug-likeness (QED) is 0.452. The van der Waals surface area contributed by atoms with Crippen LogP contribution in [0.2, 0.25) is 0 Å². The summed E-state index contributed by atoms with van der Waals surface area (Å²) >= 11 is 0. The highest BCUT2D eigenvalue weighted by Crippen LogP contribution is 2.34. The number of hydrogen-bond donors (Lipinski definition) is 1. The second-order valence-corrected chi connectivity index (χ2v) is 5.17. The van der Waals surface area contributed by atoms with Gasteiger partial charge < -0.3 is 5.32 Å². The van der Waals surface area contributed by atoms with E-state index in [1.807, 2.05) is 18.2 Å². The summed E-state index contributed by atoms with van der Waals surface area (Å²) in [7, 11) is 0. The third-order valence-corrected chi connectivity index (χ3v) is 3.00. The number of benzene rings is 1. The zero-order valence-electron chi connectivity index (χ0n) is 13.4. The van der Waals surface area contributed by atoms with Crippen LogP contribution >= 0.6 is 0 Å². The molecule has 0 aliphatic carbocycles. The zero-order valence-corrected chi connectivity index (χ0v) is 13.4. The molecule has 118 valence electrons.